The van der Waals surface area contributed by atoms with Gasteiger partial charge in [0.15, 0.2) is 0 Å². The summed E-state index contributed by atoms with van der Waals surface area (Å²) in [5.41, 5.74) is 1.15. The van der Waals surface area contributed by atoms with E-state index in [4.69, 9.17) is 5.14 Å². The van der Waals surface area contributed by atoms with Crippen LogP contribution in [-0.2, 0) is 10.0 Å². The molecule has 1 heterocycles. The molecule has 0 fully saturated rings. The zero-order chi connectivity index (χ0) is 15.8. The molecule has 2 aromatic rings. The Bertz CT molecular complexity index is 796. The van der Waals surface area contributed by atoms with E-state index in [0.717, 1.165) is 8.26 Å². The molecule has 1 aromatic heterocycles. The SMILES string of the molecule is Cc1cc(S(N)(=O)=O)ccc1NC(=O)c1cc(Br)c(Br)s1. The quantitative estimate of drug-likeness (QED) is 0.745. The number of halogens is 2. The molecule has 2 rings (SSSR count). The lowest BCUT2D eigenvalue weighted by Crippen LogP contribution is -2.14. The van der Waals surface area contributed by atoms with Crippen LogP contribution in [0.15, 0.2) is 37.4 Å². The highest BCUT2D eigenvalue weighted by atomic mass is 79.9. The van der Waals surface area contributed by atoms with Crippen molar-refractivity contribution in [3.05, 3.63) is 43.0 Å². The first-order valence-electron chi connectivity index (χ1n) is 5.58. The molecule has 5 nitrogen and oxygen atoms in total. The maximum absolute atomic E-state index is 12.1. The van der Waals surface area contributed by atoms with Crippen LogP contribution in [0.25, 0.3) is 0 Å². The van der Waals surface area contributed by atoms with Gasteiger partial charge in [-0.1, -0.05) is 0 Å². The van der Waals surface area contributed by atoms with Gasteiger partial charge < -0.3 is 5.32 Å². The highest BCUT2D eigenvalue weighted by Gasteiger charge is 2.14. The molecule has 21 heavy (non-hydrogen) atoms. The Morgan fingerprint density at radius 1 is 1.29 bits per heavy atom. The van der Waals surface area contributed by atoms with Crippen LogP contribution in [0.1, 0.15) is 15.2 Å². The molecule has 9 heteroatoms. The average Bonchev–Trinajstić information content (AvgIpc) is 2.71. The number of anilines is 1. The summed E-state index contributed by atoms with van der Waals surface area (Å²) in [4.78, 5) is 12.7. The van der Waals surface area contributed by atoms with Gasteiger partial charge in [-0.25, -0.2) is 13.6 Å². The van der Waals surface area contributed by atoms with Gasteiger partial charge in [-0.05, 0) is 68.6 Å². The van der Waals surface area contributed by atoms with Crippen molar-refractivity contribution in [1.29, 1.82) is 0 Å². The number of hydrogen-bond acceptors (Lipinski definition) is 4. The first-order valence-corrected chi connectivity index (χ1v) is 9.53. The number of rotatable bonds is 3. The molecule has 0 saturated heterocycles. The van der Waals surface area contributed by atoms with E-state index in [9.17, 15) is 13.2 Å². The number of thiophene rings is 1. The second kappa shape index (κ2) is 6.17. The Balaban J connectivity index is 2.26. The molecule has 0 atom stereocenters. The Kier molecular flexibility index (Phi) is 4.89. The minimum Gasteiger partial charge on any atom is -0.321 e. The van der Waals surface area contributed by atoms with Crippen LogP contribution in [0, 0.1) is 6.92 Å². The van der Waals surface area contributed by atoms with E-state index in [1.807, 2.05) is 0 Å². The predicted octanol–water partition coefficient (Wildman–Crippen LogP) is 3.48. The van der Waals surface area contributed by atoms with Crippen molar-refractivity contribution >= 4 is 64.8 Å². The largest absolute Gasteiger partial charge is 0.321 e. The zero-order valence-corrected chi connectivity index (χ0v) is 15.5. The van der Waals surface area contributed by atoms with Crippen molar-refractivity contribution in [2.45, 2.75) is 11.8 Å². The van der Waals surface area contributed by atoms with E-state index >= 15 is 0 Å². The fraction of sp³-hybridized carbons (Fsp3) is 0.0833. The topological polar surface area (TPSA) is 89.3 Å². The normalized spacial score (nSPS) is 11.4. The average molecular weight is 454 g/mol. The molecule has 3 N–H and O–H groups in total. The van der Waals surface area contributed by atoms with E-state index in [2.05, 4.69) is 37.2 Å². The van der Waals surface area contributed by atoms with Gasteiger partial charge >= 0.3 is 0 Å². The van der Waals surface area contributed by atoms with Gasteiger partial charge in [0.1, 0.15) is 0 Å². The number of primary sulfonamides is 1. The molecule has 0 spiro atoms. The summed E-state index contributed by atoms with van der Waals surface area (Å²) in [7, 11) is -3.75. The number of sulfonamides is 1. The Morgan fingerprint density at radius 3 is 2.43 bits per heavy atom. The molecule has 0 aliphatic rings. The lowest BCUT2D eigenvalue weighted by Gasteiger charge is -2.08. The maximum Gasteiger partial charge on any atom is 0.265 e. The van der Waals surface area contributed by atoms with Gasteiger partial charge in [-0.15, -0.1) is 11.3 Å². The standard InChI is InChI=1S/C12H10Br2N2O3S2/c1-6-4-7(21(15,18)19)2-3-9(6)16-12(17)10-5-8(13)11(14)20-10/h2-5H,1H3,(H,16,17)(H2,15,18,19). The second-order valence-electron chi connectivity index (χ2n) is 4.21. The summed E-state index contributed by atoms with van der Waals surface area (Å²) in [6.07, 6.45) is 0. The Hall–Kier alpha value is -0.740. The molecule has 0 unspecified atom stereocenters. The molecule has 1 amide bonds. The second-order valence-corrected chi connectivity index (χ2v) is 8.99. The monoisotopic (exact) mass is 452 g/mol. The van der Waals surface area contributed by atoms with Gasteiger partial charge in [-0.2, -0.15) is 0 Å². The Labute approximate surface area is 142 Å². The molecule has 0 aliphatic heterocycles. The molecule has 0 radical (unpaired) electrons. The summed E-state index contributed by atoms with van der Waals surface area (Å²) in [6.45, 7) is 1.70. The van der Waals surface area contributed by atoms with Crippen molar-refractivity contribution < 1.29 is 13.2 Å². The van der Waals surface area contributed by atoms with Crippen LogP contribution in [0.3, 0.4) is 0 Å². The number of nitrogens with one attached hydrogen (secondary N) is 1. The molecular weight excluding hydrogens is 444 g/mol. The van der Waals surface area contributed by atoms with Crippen molar-refractivity contribution in [3.8, 4) is 0 Å². The van der Waals surface area contributed by atoms with Crippen LogP contribution < -0.4 is 10.5 Å². The first kappa shape index (κ1) is 16.6. The van der Waals surface area contributed by atoms with E-state index in [0.29, 0.717) is 16.1 Å². The van der Waals surface area contributed by atoms with Crippen LogP contribution in [-0.4, -0.2) is 14.3 Å². The van der Waals surface area contributed by atoms with Crippen molar-refractivity contribution in [3.63, 3.8) is 0 Å². The summed E-state index contributed by atoms with van der Waals surface area (Å²) in [5, 5.41) is 7.80. The maximum atomic E-state index is 12.1. The molecule has 112 valence electrons. The van der Waals surface area contributed by atoms with E-state index < -0.39 is 10.0 Å². The van der Waals surface area contributed by atoms with Crippen LogP contribution in [0.2, 0.25) is 0 Å². The van der Waals surface area contributed by atoms with Gasteiger partial charge in [0.25, 0.3) is 5.91 Å². The fourth-order valence-electron chi connectivity index (χ4n) is 1.60. The van der Waals surface area contributed by atoms with Crippen molar-refractivity contribution in [2.24, 2.45) is 5.14 Å². The molecule has 0 aliphatic carbocycles. The summed E-state index contributed by atoms with van der Waals surface area (Å²) < 4.78 is 24.2. The number of amides is 1. The number of hydrogen-bond donors (Lipinski definition) is 2. The molecule has 0 saturated carbocycles. The van der Waals surface area contributed by atoms with E-state index in [-0.39, 0.29) is 10.8 Å². The van der Waals surface area contributed by atoms with Gasteiger partial charge in [-0.3, -0.25) is 4.79 Å². The highest BCUT2D eigenvalue weighted by Crippen LogP contribution is 2.33. The number of benzene rings is 1. The van der Waals surface area contributed by atoms with Crippen molar-refractivity contribution in [1.82, 2.24) is 0 Å². The molecular formula is C12H10Br2N2O3S2. The van der Waals surface area contributed by atoms with Gasteiger partial charge in [0.2, 0.25) is 10.0 Å². The number of aryl methyl sites for hydroxylation is 1. The fourth-order valence-corrected chi connectivity index (χ4v) is 4.13. The lowest BCUT2D eigenvalue weighted by atomic mass is 10.2. The minimum atomic E-state index is -3.75. The third-order valence-electron chi connectivity index (χ3n) is 2.64. The predicted molar refractivity (Wildman–Crippen MR) is 90.2 cm³/mol. The number of carbonyl (C=O) groups excluding carboxylic acids is 1. The number of nitrogens with two attached hydrogens (primary N) is 1. The first-order chi connectivity index (χ1) is 9.68. The summed E-state index contributed by atoms with van der Waals surface area (Å²) in [5.74, 6) is -0.266. The highest BCUT2D eigenvalue weighted by molar-refractivity contribution is 9.13. The molecule has 1 aromatic carbocycles. The van der Waals surface area contributed by atoms with Crippen molar-refractivity contribution in [2.75, 3.05) is 5.32 Å². The minimum absolute atomic E-state index is 0.0135. The molecule has 0 bridgehead atoms. The van der Waals surface area contributed by atoms with Gasteiger partial charge in [0.05, 0.1) is 13.6 Å². The zero-order valence-electron chi connectivity index (χ0n) is 10.7. The number of carbonyl (C=O) groups is 1. The summed E-state index contributed by atoms with van der Waals surface area (Å²) >= 11 is 7.94. The third kappa shape index (κ3) is 3.92. The van der Waals surface area contributed by atoms with Crippen LogP contribution in [0.4, 0.5) is 5.69 Å². The van der Waals surface area contributed by atoms with Crippen LogP contribution in [0.5, 0.6) is 0 Å². The lowest BCUT2D eigenvalue weighted by molar-refractivity contribution is 0.103. The van der Waals surface area contributed by atoms with Crippen LogP contribution >= 0.6 is 43.2 Å². The smallest absolute Gasteiger partial charge is 0.265 e. The van der Waals surface area contributed by atoms with Gasteiger partial charge in [0, 0.05) is 10.2 Å². The van der Waals surface area contributed by atoms with E-state index in [1.54, 1.807) is 13.0 Å². The Morgan fingerprint density at radius 2 is 1.95 bits per heavy atom. The summed E-state index contributed by atoms with van der Waals surface area (Å²) in [6, 6.07) is 6.01. The third-order valence-corrected chi connectivity index (χ3v) is 6.81. The van der Waals surface area contributed by atoms with E-state index in [1.165, 1.54) is 29.5 Å².